The minimum Gasteiger partial charge on any atom is -0.507 e. The van der Waals surface area contributed by atoms with Gasteiger partial charge in [0.1, 0.15) is 28.8 Å². The number of phenols is 1. The van der Waals surface area contributed by atoms with Crippen molar-refractivity contribution in [2.45, 2.75) is 0 Å². The van der Waals surface area contributed by atoms with Crippen LogP contribution in [-0.4, -0.2) is 18.5 Å². The zero-order valence-corrected chi connectivity index (χ0v) is 10.1. The molecule has 2 rings (SSSR count). The van der Waals surface area contributed by atoms with Crippen LogP contribution in [0.1, 0.15) is 10.4 Å². The number of aldehydes is 1. The molecule has 0 spiro atoms. The van der Waals surface area contributed by atoms with E-state index in [1.54, 1.807) is 0 Å². The maximum atomic E-state index is 12.8. The first-order valence-electron chi connectivity index (χ1n) is 5.43. The summed E-state index contributed by atoms with van der Waals surface area (Å²) in [5.41, 5.74) is 0.0500. The van der Waals surface area contributed by atoms with Crippen molar-refractivity contribution in [3.8, 4) is 23.0 Å². The number of hydrogen-bond donors (Lipinski definition) is 1. The molecule has 2 aromatic carbocycles. The lowest BCUT2D eigenvalue weighted by Crippen LogP contribution is -1.93. The summed E-state index contributed by atoms with van der Waals surface area (Å²) >= 11 is 0. The number of hydrogen-bond acceptors (Lipinski definition) is 4. The molecule has 5 heteroatoms. The summed E-state index contributed by atoms with van der Waals surface area (Å²) in [6.45, 7) is 0. The Morgan fingerprint density at radius 3 is 2.42 bits per heavy atom. The van der Waals surface area contributed by atoms with Crippen LogP contribution < -0.4 is 9.47 Å². The van der Waals surface area contributed by atoms with Crippen molar-refractivity contribution < 1.29 is 23.8 Å². The van der Waals surface area contributed by atoms with Gasteiger partial charge in [-0.2, -0.15) is 0 Å². The van der Waals surface area contributed by atoms with Gasteiger partial charge < -0.3 is 14.6 Å². The minimum atomic E-state index is -0.371. The Morgan fingerprint density at radius 1 is 1.16 bits per heavy atom. The molecule has 0 aliphatic carbocycles. The number of aromatic hydroxyl groups is 1. The van der Waals surface area contributed by atoms with Crippen LogP contribution in [0, 0.1) is 5.82 Å². The van der Waals surface area contributed by atoms with Gasteiger partial charge in [-0.05, 0) is 24.3 Å². The first kappa shape index (κ1) is 12.9. The lowest BCUT2D eigenvalue weighted by molar-refractivity contribution is 0.111. The third-order valence-electron chi connectivity index (χ3n) is 2.48. The van der Waals surface area contributed by atoms with Gasteiger partial charge >= 0.3 is 0 Å². The van der Waals surface area contributed by atoms with Crippen LogP contribution in [0.3, 0.4) is 0 Å². The molecule has 1 N–H and O–H groups in total. The Morgan fingerprint density at radius 2 is 1.84 bits per heavy atom. The highest BCUT2D eigenvalue weighted by Crippen LogP contribution is 2.34. The fourth-order valence-electron chi connectivity index (χ4n) is 1.57. The lowest BCUT2D eigenvalue weighted by atomic mass is 10.2. The molecule has 0 heterocycles. The molecule has 0 atom stereocenters. The predicted octanol–water partition coefficient (Wildman–Crippen LogP) is 3.14. The van der Waals surface area contributed by atoms with Crippen molar-refractivity contribution in [1.82, 2.24) is 0 Å². The average Bonchev–Trinajstić information content (AvgIpc) is 2.40. The van der Waals surface area contributed by atoms with E-state index >= 15 is 0 Å². The van der Waals surface area contributed by atoms with Gasteiger partial charge in [0.05, 0.1) is 12.7 Å². The van der Waals surface area contributed by atoms with E-state index in [2.05, 4.69) is 0 Å². The summed E-state index contributed by atoms with van der Waals surface area (Å²) in [5.74, 6) is 0.274. The first-order valence-corrected chi connectivity index (χ1v) is 5.43. The number of phenolic OH excluding ortho intramolecular Hbond substituents is 1. The SMILES string of the molecule is COc1cc(Oc2ccc(F)cc2)cc(O)c1C=O. The number of halogens is 1. The molecule has 98 valence electrons. The van der Waals surface area contributed by atoms with Crippen LogP contribution in [0.15, 0.2) is 36.4 Å². The van der Waals surface area contributed by atoms with Crippen LogP contribution in [0.25, 0.3) is 0 Å². The molecule has 0 amide bonds. The molecule has 0 unspecified atom stereocenters. The number of carbonyl (C=O) groups excluding carboxylic acids is 1. The molecule has 0 aliphatic rings. The van der Waals surface area contributed by atoms with Crippen molar-refractivity contribution in [2.75, 3.05) is 7.11 Å². The normalized spacial score (nSPS) is 10.0. The van der Waals surface area contributed by atoms with E-state index in [-0.39, 0.29) is 28.6 Å². The van der Waals surface area contributed by atoms with Gasteiger partial charge in [-0.25, -0.2) is 4.39 Å². The van der Waals surface area contributed by atoms with Crippen LogP contribution in [0.5, 0.6) is 23.0 Å². The Kier molecular flexibility index (Phi) is 3.66. The van der Waals surface area contributed by atoms with E-state index in [0.29, 0.717) is 12.0 Å². The van der Waals surface area contributed by atoms with Crippen LogP contribution in [0.2, 0.25) is 0 Å². The van der Waals surface area contributed by atoms with E-state index in [4.69, 9.17) is 9.47 Å². The summed E-state index contributed by atoms with van der Waals surface area (Å²) in [4.78, 5) is 10.8. The van der Waals surface area contributed by atoms with Gasteiger partial charge in [-0.3, -0.25) is 4.79 Å². The summed E-state index contributed by atoms with van der Waals surface area (Å²) in [5, 5.41) is 9.67. The molecule has 0 aliphatic heterocycles. The fraction of sp³-hybridized carbons (Fsp3) is 0.0714. The monoisotopic (exact) mass is 262 g/mol. The fourth-order valence-corrected chi connectivity index (χ4v) is 1.57. The smallest absolute Gasteiger partial charge is 0.157 e. The maximum absolute atomic E-state index is 12.8. The molecule has 0 fully saturated rings. The van der Waals surface area contributed by atoms with Crippen molar-refractivity contribution in [2.24, 2.45) is 0 Å². The van der Waals surface area contributed by atoms with E-state index in [1.807, 2.05) is 0 Å². The summed E-state index contributed by atoms with van der Waals surface area (Å²) in [6.07, 6.45) is 0.496. The van der Waals surface area contributed by atoms with Crippen molar-refractivity contribution >= 4 is 6.29 Å². The highest BCUT2D eigenvalue weighted by Gasteiger charge is 2.11. The largest absolute Gasteiger partial charge is 0.507 e. The van der Waals surface area contributed by atoms with Crippen LogP contribution in [0.4, 0.5) is 4.39 Å². The molecule has 4 nitrogen and oxygen atoms in total. The number of rotatable bonds is 4. The van der Waals surface area contributed by atoms with Crippen LogP contribution in [-0.2, 0) is 0 Å². The summed E-state index contributed by atoms with van der Waals surface area (Å²) < 4.78 is 23.2. The van der Waals surface area contributed by atoms with E-state index in [0.717, 1.165) is 0 Å². The molecule has 0 saturated carbocycles. The quantitative estimate of drug-likeness (QED) is 0.860. The summed E-state index contributed by atoms with van der Waals surface area (Å²) in [7, 11) is 1.38. The van der Waals surface area contributed by atoms with Gasteiger partial charge in [-0.15, -0.1) is 0 Å². The van der Waals surface area contributed by atoms with Crippen LogP contribution >= 0.6 is 0 Å². The zero-order valence-electron chi connectivity index (χ0n) is 10.1. The maximum Gasteiger partial charge on any atom is 0.157 e. The van der Waals surface area contributed by atoms with Gasteiger partial charge in [0.15, 0.2) is 6.29 Å². The Labute approximate surface area is 109 Å². The third kappa shape index (κ3) is 2.82. The van der Waals surface area contributed by atoms with Crippen molar-refractivity contribution in [3.63, 3.8) is 0 Å². The zero-order chi connectivity index (χ0) is 13.8. The Hall–Kier alpha value is -2.56. The second kappa shape index (κ2) is 5.39. The number of carbonyl (C=O) groups is 1. The van der Waals surface area contributed by atoms with Gasteiger partial charge in [0, 0.05) is 12.1 Å². The molecule has 0 aromatic heterocycles. The highest BCUT2D eigenvalue weighted by atomic mass is 19.1. The second-order valence-electron chi connectivity index (χ2n) is 3.73. The van der Waals surface area contributed by atoms with Crippen molar-refractivity contribution in [1.29, 1.82) is 0 Å². The summed E-state index contributed by atoms with van der Waals surface area (Å²) in [6, 6.07) is 8.17. The predicted molar refractivity (Wildman–Crippen MR) is 66.5 cm³/mol. The standard InChI is InChI=1S/C14H11FO4/c1-18-14-7-11(6-13(17)12(14)8-16)19-10-4-2-9(15)3-5-10/h2-8,17H,1H3. The second-order valence-corrected chi connectivity index (χ2v) is 3.73. The molecule has 19 heavy (non-hydrogen) atoms. The number of methoxy groups -OCH3 is 1. The molecule has 0 saturated heterocycles. The highest BCUT2D eigenvalue weighted by molar-refractivity contribution is 5.84. The van der Waals surface area contributed by atoms with Gasteiger partial charge in [0.25, 0.3) is 0 Å². The molecule has 0 radical (unpaired) electrons. The Balaban J connectivity index is 2.33. The topological polar surface area (TPSA) is 55.8 Å². The molecular weight excluding hydrogens is 251 g/mol. The van der Waals surface area contributed by atoms with Gasteiger partial charge in [-0.1, -0.05) is 0 Å². The van der Waals surface area contributed by atoms with E-state index in [9.17, 15) is 14.3 Å². The average molecular weight is 262 g/mol. The van der Waals surface area contributed by atoms with E-state index in [1.165, 1.54) is 43.5 Å². The first-order chi connectivity index (χ1) is 9.13. The van der Waals surface area contributed by atoms with Crippen molar-refractivity contribution in [3.05, 3.63) is 47.8 Å². The molecule has 0 bridgehead atoms. The lowest BCUT2D eigenvalue weighted by Gasteiger charge is -2.10. The minimum absolute atomic E-state index is 0.0500. The molecular formula is C14H11FO4. The Bertz CT molecular complexity index is 593. The number of benzene rings is 2. The molecule has 2 aromatic rings. The van der Waals surface area contributed by atoms with E-state index < -0.39 is 0 Å². The van der Waals surface area contributed by atoms with Gasteiger partial charge in [0.2, 0.25) is 0 Å². The number of ether oxygens (including phenoxy) is 2. The third-order valence-corrected chi connectivity index (χ3v) is 2.48.